The highest BCUT2D eigenvalue weighted by molar-refractivity contribution is 7.99. The largest absolute Gasteiger partial charge is 0.345 e. The number of anilines is 1. The number of benzene rings is 2. The van der Waals surface area contributed by atoms with Gasteiger partial charge in [0, 0.05) is 22.8 Å². The third kappa shape index (κ3) is 3.68. The van der Waals surface area contributed by atoms with E-state index < -0.39 is 10.0 Å². The highest BCUT2D eigenvalue weighted by atomic mass is 32.2. The van der Waals surface area contributed by atoms with Crippen molar-refractivity contribution in [1.29, 1.82) is 0 Å². The fraction of sp³-hybridized carbons (Fsp3) is 0.316. The Hall–Kier alpha value is -2.06. The lowest BCUT2D eigenvalue weighted by Crippen LogP contribution is -2.31. The summed E-state index contributed by atoms with van der Waals surface area (Å²) in [4.78, 5) is 13.6. The zero-order chi connectivity index (χ0) is 19.0. The Balaban J connectivity index is 1.51. The van der Waals surface area contributed by atoms with Crippen LogP contribution in [-0.2, 0) is 10.0 Å². The number of nitrogens with one attached hydrogen (secondary N) is 1. The standard InChI is InChI=1S/C19H19FN2O3S2/c20-14-4-7-18-16(12-14)17(8-10-26-18)21-19(23)13-2-5-15(6-3-13)22-9-1-11-27(22,24)25/h2-7,12,17H,1,8-11H2,(H,21,23). The van der Waals surface area contributed by atoms with Gasteiger partial charge in [0.2, 0.25) is 10.0 Å². The molecule has 0 saturated carbocycles. The maximum atomic E-state index is 13.6. The van der Waals surface area contributed by atoms with Crippen molar-refractivity contribution in [3.8, 4) is 0 Å². The minimum atomic E-state index is -3.24. The predicted octanol–water partition coefficient (Wildman–Crippen LogP) is 3.33. The van der Waals surface area contributed by atoms with Gasteiger partial charge in [0.25, 0.3) is 5.91 Å². The van der Waals surface area contributed by atoms with Crippen LogP contribution in [0.3, 0.4) is 0 Å². The molecular weight excluding hydrogens is 387 g/mol. The van der Waals surface area contributed by atoms with Gasteiger partial charge in [0.15, 0.2) is 0 Å². The lowest BCUT2D eigenvalue weighted by molar-refractivity contribution is 0.0935. The van der Waals surface area contributed by atoms with Gasteiger partial charge in [0.1, 0.15) is 5.82 Å². The van der Waals surface area contributed by atoms with Crippen LogP contribution in [0.1, 0.15) is 34.8 Å². The van der Waals surface area contributed by atoms with E-state index in [9.17, 15) is 17.6 Å². The molecule has 1 unspecified atom stereocenters. The monoisotopic (exact) mass is 406 g/mol. The summed E-state index contributed by atoms with van der Waals surface area (Å²) >= 11 is 1.66. The Morgan fingerprint density at radius 3 is 2.67 bits per heavy atom. The van der Waals surface area contributed by atoms with E-state index in [2.05, 4.69) is 5.32 Å². The van der Waals surface area contributed by atoms with Gasteiger partial charge in [-0.15, -0.1) is 11.8 Å². The summed E-state index contributed by atoms with van der Waals surface area (Å²) in [6, 6.07) is 11.0. The fourth-order valence-electron chi connectivity index (χ4n) is 3.47. The van der Waals surface area contributed by atoms with Gasteiger partial charge < -0.3 is 5.32 Å². The van der Waals surface area contributed by atoms with Crippen molar-refractivity contribution < 1.29 is 17.6 Å². The van der Waals surface area contributed by atoms with E-state index in [1.165, 1.54) is 16.4 Å². The lowest BCUT2D eigenvalue weighted by atomic mass is 10.0. The molecule has 1 atom stereocenters. The smallest absolute Gasteiger partial charge is 0.251 e. The van der Waals surface area contributed by atoms with Crippen molar-refractivity contribution in [2.24, 2.45) is 0 Å². The molecular formula is C19H19FN2O3S2. The number of rotatable bonds is 3. The number of hydrogen-bond acceptors (Lipinski definition) is 4. The molecule has 0 radical (unpaired) electrons. The number of sulfonamides is 1. The van der Waals surface area contributed by atoms with Crippen LogP contribution in [0.25, 0.3) is 0 Å². The summed E-state index contributed by atoms with van der Waals surface area (Å²) in [5.41, 5.74) is 1.83. The van der Waals surface area contributed by atoms with E-state index in [0.29, 0.717) is 24.2 Å². The molecule has 8 heteroatoms. The second-order valence-corrected chi connectivity index (χ2v) is 9.78. The molecule has 2 aliphatic heterocycles. The van der Waals surface area contributed by atoms with Crippen LogP contribution in [0.2, 0.25) is 0 Å². The number of carbonyl (C=O) groups is 1. The third-order valence-corrected chi connectivity index (χ3v) is 7.83. The number of carbonyl (C=O) groups excluding carboxylic acids is 1. The van der Waals surface area contributed by atoms with Crippen LogP contribution in [0.4, 0.5) is 10.1 Å². The average molecular weight is 407 g/mol. The maximum Gasteiger partial charge on any atom is 0.251 e. The molecule has 0 bridgehead atoms. The molecule has 0 spiro atoms. The normalized spacial score (nSPS) is 20.9. The molecule has 0 aliphatic carbocycles. The second-order valence-electron chi connectivity index (χ2n) is 6.63. The molecule has 0 aromatic heterocycles. The molecule has 1 fully saturated rings. The number of fused-ring (bicyclic) bond motifs is 1. The van der Waals surface area contributed by atoms with E-state index in [1.54, 1.807) is 42.1 Å². The first-order valence-electron chi connectivity index (χ1n) is 8.78. The summed E-state index contributed by atoms with van der Waals surface area (Å²) in [7, 11) is -3.24. The number of halogens is 1. The zero-order valence-electron chi connectivity index (χ0n) is 14.5. The molecule has 1 amide bonds. The quantitative estimate of drug-likeness (QED) is 0.849. The van der Waals surface area contributed by atoms with E-state index in [1.807, 2.05) is 0 Å². The highest BCUT2D eigenvalue weighted by Crippen LogP contribution is 2.36. The van der Waals surface area contributed by atoms with E-state index >= 15 is 0 Å². The number of thioether (sulfide) groups is 1. The number of amides is 1. The van der Waals surface area contributed by atoms with Crippen LogP contribution in [0, 0.1) is 5.82 Å². The highest BCUT2D eigenvalue weighted by Gasteiger charge is 2.28. The van der Waals surface area contributed by atoms with Crippen LogP contribution in [0.15, 0.2) is 47.4 Å². The van der Waals surface area contributed by atoms with Gasteiger partial charge in [-0.1, -0.05) is 0 Å². The predicted molar refractivity (Wildman–Crippen MR) is 104 cm³/mol. The Kier molecular flexibility index (Phi) is 4.86. The fourth-order valence-corrected chi connectivity index (χ4v) is 6.14. The Labute approximate surface area is 162 Å². The second kappa shape index (κ2) is 7.16. The van der Waals surface area contributed by atoms with Gasteiger partial charge in [-0.05, 0) is 60.9 Å². The number of nitrogens with zero attached hydrogens (tertiary/aromatic N) is 1. The molecule has 1 saturated heterocycles. The summed E-state index contributed by atoms with van der Waals surface area (Å²) in [6.07, 6.45) is 1.34. The molecule has 4 rings (SSSR count). The summed E-state index contributed by atoms with van der Waals surface area (Å²) in [5.74, 6) is 0.449. The van der Waals surface area contributed by atoms with E-state index in [-0.39, 0.29) is 23.5 Å². The van der Waals surface area contributed by atoms with Crippen LogP contribution in [-0.4, -0.2) is 32.4 Å². The number of hydrogen-bond donors (Lipinski definition) is 1. The van der Waals surface area contributed by atoms with Crippen molar-refractivity contribution >= 4 is 33.4 Å². The summed E-state index contributed by atoms with van der Waals surface area (Å²) in [6.45, 7) is 0.468. The first-order valence-corrected chi connectivity index (χ1v) is 11.4. The van der Waals surface area contributed by atoms with Crippen molar-refractivity contribution in [2.45, 2.75) is 23.8 Å². The van der Waals surface area contributed by atoms with E-state index in [4.69, 9.17) is 0 Å². The summed E-state index contributed by atoms with van der Waals surface area (Å²) in [5, 5.41) is 2.97. The van der Waals surface area contributed by atoms with Gasteiger partial charge >= 0.3 is 0 Å². The van der Waals surface area contributed by atoms with Crippen LogP contribution < -0.4 is 9.62 Å². The van der Waals surface area contributed by atoms with Crippen molar-refractivity contribution in [3.63, 3.8) is 0 Å². The van der Waals surface area contributed by atoms with Gasteiger partial charge in [-0.2, -0.15) is 0 Å². The minimum Gasteiger partial charge on any atom is -0.345 e. The molecule has 27 heavy (non-hydrogen) atoms. The van der Waals surface area contributed by atoms with Crippen LogP contribution >= 0.6 is 11.8 Å². The van der Waals surface area contributed by atoms with Crippen molar-refractivity contribution in [2.75, 3.05) is 22.4 Å². The Bertz CT molecular complexity index is 977. The molecule has 2 aromatic carbocycles. The zero-order valence-corrected chi connectivity index (χ0v) is 16.2. The van der Waals surface area contributed by atoms with Crippen molar-refractivity contribution in [3.05, 3.63) is 59.4 Å². The van der Waals surface area contributed by atoms with Gasteiger partial charge in [-0.3, -0.25) is 9.10 Å². The third-order valence-electron chi connectivity index (χ3n) is 4.83. The molecule has 2 aliphatic rings. The lowest BCUT2D eigenvalue weighted by Gasteiger charge is -2.26. The average Bonchev–Trinajstić information content (AvgIpc) is 3.01. The SMILES string of the molecule is O=C(NC1CCSc2ccc(F)cc21)c1ccc(N2CCCS2(=O)=O)cc1. The molecule has 142 valence electrons. The topological polar surface area (TPSA) is 66.5 Å². The summed E-state index contributed by atoms with van der Waals surface area (Å²) < 4.78 is 39.0. The first-order chi connectivity index (χ1) is 12.9. The van der Waals surface area contributed by atoms with Crippen LogP contribution in [0.5, 0.6) is 0 Å². The van der Waals surface area contributed by atoms with Gasteiger partial charge in [-0.25, -0.2) is 12.8 Å². The molecule has 5 nitrogen and oxygen atoms in total. The first kappa shape index (κ1) is 18.3. The van der Waals surface area contributed by atoms with Crippen molar-refractivity contribution in [1.82, 2.24) is 5.32 Å². The minimum absolute atomic E-state index is 0.158. The van der Waals surface area contributed by atoms with Gasteiger partial charge in [0.05, 0.1) is 17.5 Å². The molecule has 2 aromatic rings. The molecule has 2 heterocycles. The van der Waals surface area contributed by atoms with E-state index in [0.717, 1.165) is 22.6 Å². The maximum absolute atomic E-state index is 13.6. The Morgan fingerprint density at radius 1 is 1.19 bits per heavy atom. The Morgan fingerprint density at radius 2 is 1.96 bits per heavy atom. The molecule has 1 N–H and O–H groups in total.